The van der Waals surface area contributed by atoms with Crippen molar-refractivity contribution in [2.45, 2.75) is 25.8 Å². The van der Waals surface area contributed by atoms with Crippen LogP contribution in [0.4, 0.5) is 4.39 Å². The second-order valence-corrected chi connectivity index (χ2v) is 4.29. The molecule has 0 spiro atoms. The lowest BCUT2D eigenvalue weighted by molar-refractivity contribution is -0.123. The fourth-order valence-electron chi connectivity index (χ4n) is 1.23. The molecule has 4 nitrogen and oxygen atoms in total. The van der Waals surface area contributed by atoms with E-state index in [1.165, 1.54) is 19.1 Å². The van der Waals surface area contributed by atoms with E-state index in [2.05, 4.69) is 0 Å². The Kier molecular flexibility index (Phi) is 4.07. The predicted molar refractivity (Wildman–Crippen MR) is 63.0 cm³/mol. The van der Waals surface area contributed by atoms with Crippen LogP contribution in [0.15, 0.2) is 18.2 Å². The number of nitrogens with two attached hydrogens (primary N) is 2. The Hall–Kier alpha value is -1.62. The molecule has 1 rings (SSSR count). The summed E-state index contributed by atoms with van der Waals surface area (Å²) in [6.07, 6.45) is 0.276. The minimum atomic E-state index is -1.11. The lowest BCUT2D eigenvalue weighted by Gasteiger charge is -2.20. The van der Waals surface area contributed by atoms with Crippen LogP contribution in [0.1, 0.15) is 18.9 Å². The normalized spacial score (nSPS) is 14.1. The van der Waals surface area contributed by atoms with Gasteiger partial charge in [-0.2, -0.15) is 0 Å². The van der Waals surface area contributed by atoms with E-state index < -0.39 is 11.4 Å². The fraction of sp³-hybridized carbons (Fsp3) is 0.417. The molecule has 0 fully saturated rings. The Labute approximate surface area is 99.7 Å². The van der Waals surface area contributed by atoms with Gasteiger partial charge in [-0.15, -0.1) is 0 Å². The maximum Gasteiger partial charge on any atom is 0.237 e. The zero-order valence-electron chi connectivity index (χ0n) is 10.00. The van der Waals surface area contributed by atoms with Crippen LogP contribution in [0.3, 0.4) is 0 Å². The van der Waals surface area contributed by atoms with Crippen LogP contribution >= 0.6 is 0 Å². The van der Waals surface area contributed by atoms with Gasteiger partial charge in [0.2, 0.25) is 5.91 Å². The monoisotopic (exact) mass is 240 g/mol. The molecule has 5 heteroatoms. The van der Waals surface area contributed by atoms with Gasteiger partial charge in [0, 0.05) is 12.5 Å². The molecule has 0 bridgehead atoms. The number of carbonyl (C=O) groups excluding carboxylic acids is 1. The molecule has 0 aromatic heterocycles. The average molecular weight is 240 g/mol. The lowest BCUT2D eigenvalue weighted by Crippen LogP contribution is -2.50. The minimum absolute atomic E-state index is 0.209. The molecular formula is C12H17FN2O2. The first-order valence-electron chi connectivity index (χ1n) is 5.30. The molecule has 1 amide bonds. The van der Waals surface area contributed by atoms with Gasteiger partial charge in [0.05, 0.1) is 12.1 Å². The van der Waals surface area contributed by atoms with Gasteiger partial charge >= 0.3 is 0 Å². The quantitative estimate of drug-likeness (QED) is 0.809. The summed E-state index contributed by atoms with van der Waals surface area (Å²) < 4.78 is 18.3. The number of ether oxygens (including phenoxy) is 1. The van der Waals surface area contributed by atoms with Crippen molar-refractivity contribution in [3.05, 3.63) is 29.6 Å². The second kappa shape index (κ2) is 5.14. The summed E-state index contributed by atoms with van der Waals surface area (Å²) in [6.45, 7) is 3.56. The van der Waals surface area contributed by atoms with Crippen LogP contribution in [-0.2, 0) is 4.79 Å². The molecule has 0 heterocycles. The third-order valence-corrected chi connectivity index (χ3v) is 2.59. The standard InChI is InChI=1S/C12H17FN2O2/c1-8-3-4-9(13)7-10(8)17-6-5-12(2,15)11(14)16/h3-4,7H,5-6,15H2,1-2H3,(H2,14,16). The van der Waals surface area contributed by atoms with Crippen LogP contribution in [0, 0.1) is 12.7 Å². The third-order valence-electron chi connectivity index (χ3n) is 2.59. The molecule has 4 N–H and O–H groups in total. The van der Waals surface area contributed by atoms with E-state index >= 15 is 0 Å². The van der Waals surface area contributed by atoms with Crippen LogP contribution < -0.4 is 16.2 Å². The van der Waals surface area contributed by atoms with Crippen molar-refractivity contribution < 1.29 is 13.9 Å². The molecule has 0 aliphatic rings. The van der Waals surface area contributed by atoms with Gasteiger partial charge in [-0.25, -0.2) is 4.39 Å². The Morgan fingerprint density at radius 3 is 2.76 bits per heavy atom. The SMILES string of the molecule is Cc1ccc(F)cc1OCCC(C)(N)C(N)=O. The number of rotatable bonds is 5. The Morgan fingerprint density at radius 2 is 2.18 bits per heavy atom. The van der Waals surface area contributed by atoms with E-state index in [0.717, 1.165) is 5.56 Å². The summed E-state index contributed by atoms with van der Waals surface area (Å²) in [5.41, 5.74) is 10.5. The first-order chi connectivity index (χ1) is 7.83. The Morgan fingerprint density at radius 1 is 1.53 bits per heavy atom. The van der Waals surface area contributed by atoms with Crippen LogP contribution in [0.25, 0.3) is 0 Å². The molecule has 0 saturated heterocycles. The van der Waals surface area contributed by atoms with Crippen molar-refractivity contribution in [3.63, 3.8) is 0 Å². The topological polar surface area (TPSA) is 78.3 Å². The van der Waals surface area contributed by atoms with E-state index in [-0.39, 0.29) is 18.8 Å². The molecule has 94 valence electrons. The van der Waals surface area contributed by atoms with Gasteiger partial charge in [0.25, 0.3) is 0 Å². The number of benzene rings is 1. The summed E-state index contributed by atoms with van der Waals surface area (Å²) in [7, 11) is 0. The average Bonchev–Trinajstić information content (AvgIpc) is 2.22. The zero-order chi connectivity index (χ0) is 13.1. The maximum absolute atomic E-state index is 13.0. The smallest absolute Gasteiger partial charge is 0.237 e. The van der Waals surface area contributed by atoms with Crippen LogP contribution in [-0.4, -0.2) is 18.1 Å². The summed E-state index contributed by atoms with van der Waals surface area (Å²) in [4.78, 5) is 11.0. The van der Waals surface area contributed by atoms with Crippen molar-refractivity contribution in [2.75, 3.05) is 6.61 Å². The molecule has 0 aliphatic heterocycles. The van der Waals surface area contributed by atoms with Gasteiger partial charge in [0.15, 0.2) is 0 Å². The second-order valence-electron chi connectivity index (χ2n) is 4.29. The van der Waals surface area contributed by atoms with Crippen molar-refractivity contribution in [1.82, 2.24) is 0 Å². The molecule has 0 radical (unpaired) electrons. The zero-order valence-corrected chi connectivity index (χ0v) is 10.00. The number of carbonyl (C=O) groups is 1. The Balaban J connectivity index is 2.57. The molecule has 17 heavy (non-hydrogen) atoms. The van der Waals surface area contributed by atoms with Gasteiger partial charge in [-0.05, 0) is 25.5 Å². The summed E-state index contributed by atoms with van der Waals surface area (Å²) in [5.74, 6) is -0.502. The van der Waals surface area contributed by atoms with Crippen molar-refractivity contribution >= 4 is 5.91 Å². The summed E-state index contributed by atoms with van der Waals surface area (Å²) >= 11 is 0. The highest BCUT2D eigenvalue weighted by Crippen LogP contribution is 2.19. The van der Waals surface area contributed by atoms with Gasteiger partial charge in [-0.3, -0.25) is 4.79 Å². The van der Waals surface area contributed by atoms with Crippen molar-refractivity contribution in [3.8, 4) is 5.75 Å². The van der Waals surface area contributed by atoms with E-state index in [0.29, 0.717) is 5.75 Å². The highest BCUT2D eigenvalue weighted by molar-refractivity contribution is 5.83. The number of amides is 1. The molecule has 1 unspecified atom stereocenters. The number of primary amides is 1. The summed E-state index contributed by atoms with van der Waals surface area (Å²) in [5, 5.41) is 0. The van der Waals surface area contributed by atoms with E-state index in [9.17, 15) is 9.18 Å². The predicted octanol–water partition coefficient (Wildman–Crippen LogP) is 1.11. The number of halogens is 1. The van der Waals surface area contributed by atoms with Crippen LogP contribution in [0.2, 0.25) is 0 Å². The highest BCUT2D eigenvalue weighted by atomic mass is 19.1. The first-order valence-corrected chi connectivity index (χ1v) is 5.30. The van der Waals surface area contributed by atoms with E-state index in [4.69, 9.17) is 16.2 Å². The van der Waals surface area contributed by atoms with Gasteiger partial charge < -0.3 is 16.2 Å². The number of hydrogen-bond acceptors (Lipinski definition) is 3. The third kappa shape index (κ3) is 3.71. The van der Waals surface area contributed by atoms with Crippen molar-refractivity contribution in [1.29, 1.82) is 0 Å². The molecule has 1 aromatic carbocycles. The lowest BCUT2D eigenvalue weighted by atomic mass is 9.99. The first kappa shape index (κ1) is 13.4. The maximum atomic E-state index is 13.0. The molecule has 1 atom stereocenters. The minimum Gasteiger partial charge on any atom is -0.493 e. The number of hydrogen-bond donors (Lipinski definition) is 2. The van der Waals surface area contributed by atoms with Gasteiger partial charge in [0.1, 0.15) is 11.6 Å². The van der Waals surface area contributed by atoms with E-state index in [1.807, 2.05) is 6.92 Å². The summed E-state index contributed by atoms with van der Waals surface area (Å²) in [6, 6.07) is 4.28. The largest absolute Gasteiger partial charge is 0.493 e. The van der Waals surface area contributed by atoms with E-state index in [1.54, 1.807) is 6.07 Å². The molecule has 0 saturated carbocycles. The number of aryl methyl sites for hydroxylation is 1. The fourth-order valence-corrected chi connectivity index (χ4v) is 1.23. The highest BCUT2D eigenvalue weighted by Gasteiger charge is 2.25. The molecule has 1 aromatic rings. The Bertz CT molecular complexity index is 419. The molecule has 0 aliphatic carbocycles. The van der Waals surface area contributed by atoms with Crippen molar-refractivity contribution in [2.24, 2.45) is 11.5 Å². The molecular weight excluding hydrogens is 223 g/mol. The van der Waals surface area contributed by atoms with Crippen LogP contribution in [0.5, 0.6) is 5.75 Å². The van der Waals surface area contributed by atoms with Gasteiger partial charge in [-0.1, -0.05) is 6.07 Å².